The molecule has 0 atom stereocenters. The van der Waals surface area contributed by atoms with Crippen LogP contribution in [0.25, 0.3) is 11.0 Å². The van der Waals surface area contributed by atoms with E-state index in [1.54, 1.807) is 6.07 Å². The molecule has 1 heterocycles. The van der Waals surface area contributed by atoms with Gasteiger partial charge in [0.15, 0.2) is 0 Å². The van der Waals surface area contributed by atoms with Gasteiger partial charge in [0, 0.05) is 5.39 Å². The van der Waals surface area contributed by atoms with Crippen LogP contribution in [0.2, 0.25) is 0 Å². The predicted molar refractivity (Wildman–Crippen MR) is 55.7 cm³/mol. The predicted octanol–water partition coefficient (Wildman–Crippen LogP) is 1.20. The summed E-state index contributed by atoms with van der Waals surface area (Å²) in [6.45, 7) is 1.91. The molecule has 2 N–H and O–H groups in total. The van der Waals surface area contributed by atoms with E-state index in [-0.39, 0.29) is 5.56 Å². The molecule has 2 aromatic rings. The first-order chi connectivity index (χ1) is 7.08. The quantitative estimate of drug-likeness (QED) is 0.707. The van der Waals surface area contributed by atoms with Gasteiger partial charge in [0.25, 0.3) is 5.91 Å². The van der Waals surface area contributed by atoms with Crippen molar-refractivity contribution in [2.45, 2.75) is 6.92 Å². The smallest absolute Gasteiger partial charge is 0.349 e. The Labute approximate surface area is 85.3 Å². The van der Waals surface area contributed by atoms with Crippen LogP contribution in [-0.2, 0) is 0 Å². The molecule has 2 rings (SSSR count). The number of nitrogens with two attached hydrogens (primary N) is 1. The minimum atomic E-state index is -0.771. The molecule has 0 fully saturated rings. The number of aryl methyl sites for hydroxylation is 1. The van der Waals surface area contributed by atoms with Crippen molar-refractivity contribution in [2.24, 2.45) is 5.73 Å². The molecule has 1 aromatic heterocycles. The Kier molecular flexibility index (Phi) is 2.04. The number of hydrogen-bond donors (Lipinski definition) is 1. The van der Waals surface area contributed by atoms with E-state index in [2.05, 4.69) is 0 Å². The second-order valence-electron chi connectivity index (χ2n) is 3.35. The molecule has 1 aromatic carbocycles. The van der Waals surface area contributed by atoms with Gasteiger partial charge in [-0.3, -0.25) is 4.79 Å². The third-order valence-electron chi connectivity index (χ3n) is 2.15. The average Bonchev–Trinajstić information content (AvgIpc) is 2.17. The van der Waals surface area contributed by atoms with Gasteiger partial charge in [-0.05, 0) is 25.1 Å². The zero-order valence-corrected chi connectivity index (χ0v) is 8.11. The lowest BCUT2D eigenvalue weighted by Crippen LogP contribution is -2.20. The largest absolute Gasteiger partial charge is 0.422 e. The molecule has 4 nitrogen and oxygen atoms in total. The van der Waals surface area contributed by atoms with Crippen molar-refractivity contribution in [2.75, 3.05) is 0 Å². The lowest BCUT2D eigenvalue weighted by molar-refractivity contribution is 0.0997. The Hall–Kier alpha value is -2.10. The molecular formula is C11H9NO3. The highest BCUT2D eigenvalue weighted by atomic mass is 16.4. The molecular weight excluding hydrogens is 194 g/mol. The highest BCUT2D eigenvalue weighted by Gasteiger charge is 2.09. The molecule has 0 unspecified atom stereocenters. The minimum absolute atomic E-state index is 0.117. The summed E-state index contributed by atoms with van der Waals surface area (Å²) in [6, 6.07) is 6.80. The van der Waals surface area contributed by atoms with E-state index in [1.165, 1.54) is 6.07 Å². The number of rotatable bonds is 1. The second-order valence-corrected chi connectivity index (χ2v) is 3.35. The van der Waals surface area contributed by atoms with Gasteiger partial charge >= 0.3 is 5.63 Å². The van der Waals surface area contributed by atoms with Crippen LogP contribution in [0.1, 0.15) is 15.9 Å². The van der Waals surface area contributed by atoms with Gasteiger partial charge in [0.2, 0.25) is 0 Å². The molecule has 4 heteroatoms. The second kappa shape index (κ2) is 3.24. The first-order valence-electron chi connectivity index (χ1n) is 4.42. The van der Waals surface area contributed by atoms with Crippen molar-refractivity contribution in [3.05, 3.63) is 45.8 Å². The van der Waals surface area contributed by atoms with Crippen LogP contribution < -0.4 is 11.4 Å². The molecule has 0 spiro atoms. The highest BCUT2D eigenvalue weighted by Crippen LogP contribution is 2.14. The van der Waals surface area contributed by atoms with Crippen molar-refractivity contribution in [1.29, 1.82) is 0 Å². The fraction of sp³-hybridized carbons (Fsp3) is 0.0909. The van der Waals surface area contributed by atoms with E-state index in [4.69, 9.17) is 10.2 Å². The number of hydrogen-bond acceptors (Lipinski definition) is 3. The lowest BCUT2D eigenvalue weighted by atomic mass is 10.1. The topological polar surface area (TPSA) is 73.3 Å². The van der Waals surface area contributed by atoms with E-state index in [0.717, 1.165) is 5.56 Å². The van der Waals surface area contributed by atoms with Gasteiger partial charge in [0.1, 0.15) is 11.1 Å². The molecule has 15 heavy (non-hydrogen) atoms. The molecule has 0 aliphatic carbocycles. The van der Waals surface area contributed by atoms with E-state index < -0.39 is 11.5 Å². The Balaban J connectivity index is 2.83. The highest BCUT2D eigenvalue weighted by molar-refractivity contribution is 5.95. The Bertz CT molecular complexity index is 598. The van der Waals surface area contributed by atoms with Gasteiger partial charge in [-0.1, -0.05) is 11.6 Å². The van der Waals surface area contributed by atoms with Gasteiger partial charge in [-0.15, -0.1) is 0 Å². The molecule has 0 saturated heterocycles. The Morgan fingerprint density at radius 3 is 2.73 bits per heavy atom. The van der Waals surface area contributed by atoms with E-state index in [1.807, 2.05) is 19.1 Å². The lowest BCUT2D eigenvalue weighted by Gasteiger charge is -1.99. The first kappa shape index (κ1) is 9.45. The molecule has 0 saturated carbocycles. The van der Waals surface area contributed by atoms with Gasteiger partial charge in [0.05, 0.1) is 0 Å². The first-order valence-corrected chi connectivity index (χ1v) is 4.42. The molecule has 0 radical (unpaired) electrons. The van der Waals surface area contributed by atoms with Crippen LogP contribution >= 0.6 is 0 Å². The Morgan fingerprint density at radius 2 is 2.07 bits per heavy atom. The van der Waals surface area contributed by atoms with Gasteiger partial charge < -0.3 is 10.2 Å². The van der Waals surface area contributed by atoms with Crippen LogP contribution in [0, 0.1) is 6.92 Å². The Morgan fingerprint density at radius 1 is 1.33 bits per heavy atom. The van der Waals surface area contributed by atoms with E-state index >= 15 is 0 Å². The van der Waals surface area contributed by atoms with Crippen molar-refractivity contribution in [3.8, 4) is 0 Å². The molecule has 0 aliphatic rings. The zero-order chi connectivity index (χ0) is 11.0. The van der Waals surface area contributed by atoms with Crippen LogP contribution in [-0.4, -0.2) is 5.91 Å². The number of fused-ring (bicyclic) bond motifs is 1. The summed E-state index contributed by atoms with van der Waals surface area (Å²) in [5.74, 6) is -0.771. The molecule has 0 aliphatic heterocycles. The third-order valence-corrected chi connectivity index (χ3v) is 2.15. The summed E-state index contributed by atoms with van der Waals surface area (Å²) in [7, 11) is 0. The summed E-state index contributed by atoms with van der Waals surface area (Å²) in [5, 5.41) is 0.698. The van der Waals surface area contributed by atoms with Crippen molar-refractivity contribution < 1.29 is 9.21 Å². The summed E-state index contributed by atoms with van der Waals surface area (Å²) in [5.41, 5.74) is 5.71. The van der Waals surface area contributed by atoms with Crippen LogP contribution in [0.4, 0.5) is 0 Å². The maximum Gasteiger partial charge on any atom is 0.349 e. The fourth-order valence-corrected chi connectivity index (χ4v) is 1.41. The van der Waals surface area contributed by atoms with E-state index in [0.29, 0.717) is 11.0 Å². The van der Waals surface area contributed by atoms with Gasteiger partial charge in [-0.25, -0.2) is 4.79 Å². The average molecular weight is 203 g/mol. The van der Waals surface area contributed by atoms with Crippen molar-refractivity contribution >= 4 is 16.9 Å². The number of primary amides is 1. The summed E-state index contributed by atoms with van der Waals surface area (Å²) < 4.78 is 4.95. The third kappa shape index (κ3) is 1.61. The SMILES string of the molecule is Cc1ccc2oc(=O)c(C(N)=O)cc2c1. The van der Waals surface area contributed by atoms with Crippen LogP contribution in [0.15, 0.2) is 33.5 Å². The number of benzene rings is 1. The van der Waals surface area contributed by atoms with Crippen molar-refractivity contribution in [3.63, 3.8) is 0 Å². The standard InChI is InChI=1S/C11H9NO3/c1-6-2-3-9-7(4-6)5-8(10(12)13)11(14)15-9/h2-5H,1H3,(H2,12,13). The zero-order valence-electron chi connectivity index (χ0n) is 8.11. The van der Waals surface area contributed by atoms with E-state index in [9.17, 15) is 9.59 Å². The number of carbonyl (C=O) groups is 1. The summed E-state index contributed by atoms with van der Waals surface area (Å²) in [4.78, 5) is 22.2. The van der Waals surface area contributed by atoms with Gasteiger partial charge in [-0.2, -0.15) is 0 Å². The summed E-state index contributed by atoms with van der Waals surface area (Å²) >= 11 is 0. The maximum atomic E-state index is 11.3. The molecule has 76 valence electrons. The van der Waals surface area contributed by atoms with Crippen LogP contribution in [0.3, 0.4) is 0 Å². The monoisotopic (exact) mass is 203 g/mol. The number of carbonyl (C=O) groups excluding carboxylic acids is 1. The number of amides is 1. The maximum absolute atomic E-state index is 11.3. The summed E-state index contributed by atoms with van der Waals surface area (Å²) in [6.07, 6.45) is 0. The normalized spacial score (nSPS) is 10.5. The minimum Gasteiger partial charge on any atom is -0.422 e. The fourth-order valence-electron chi connectivity index (χ4n) is 1.41. The van der Waals surface area contributed by atoms with Crippen molar-refractivity contribution in [1.82, 2.24) is 0 Å². The van der Waals surface area contributed by atoms with Crippen LogP contribution in [0.5, 0.6) is 0 Å². The molecule has 0 bridgehead atoms. The molecule has 1 amide bonds.